The van der Waals surface area contributed by atoms with E-state index in [0.717, 1.165) is 38.6 Å². The molecule has 0 unspecified atom stereocenters. The van der Waals surface area contributed by atoms with E-state index in [-0.39, 0.29) is 6.29 Å². The molecular formula is C15H31NO2. The lowest BCUT2D eigenvalue weighted by Gasteiger charge is -2.22. The van der Waals surface area contributed by atoms with Crippen molar-refractivity contribution in [3.8, 4) is 0 Å². The molecule has 0 aliphatic heterocycles. The molecule has 0 saturated heterocycles. The molecule has 0 radical (unpaired) electrons. The number of hydrogen-bond donors (Lipinski definition) is 1. The van der Waals surface area contributed by atoms with Gasteiger partial charge in [-0.15, -0.1) is 0 Å². The molecule has 3 heteroatoms. The Morgan fingerprint density at radius 2 is 1.67 bits per heavy atom. The smallest absolute Gasteiger partial charge is 0.158 e. The van der Waals surface area contributed by atoms with Crippen molar-refractivity contribution in [1.29, 1.82) is 0 Å². The van der Waals surface area contributed by atoms with Crippen LogP contribution in [0.5, 0.6) is 0 Å². The molecule has 0 amide bonds. The molecule has 0 spiro atoms. The topological polar surface area (TPSA) is 30.5 Å². The van der Waals surface area contributed by atoms with E-state index in [1.165, 1.54) is 38.5 Å². The Bertz CT molecular complexity index is 175. The van der Waals surface area contributed by atoms with Crippen molar-refractivity contribution in [1.82, 2.24) is 5.32 Å². The lowest BCUT2D eigenvalue weighted by atomic mass is 9.87. The van der Waals surface area contributed by atoms with Gasteiger partial charge in [-0.3, -0.25) is 0 Å². The quantitative estimate of drug-likeness (QED) is 0.481. The van der Waals surface area contributed by atoms with Crippen LogP contribution in [0.2, 0.25) is 0 Å². The highest BCUT2D eigenvalue weighted by Gasteiger charge is 2.12. The zero-order chi connectivity index (χ0) is 13.1. The van der Waals surface area contributed by atoms with E-state index in [1.54, 1.807) is 0 Å². The highest BCUT2D eigenvalue weighted by atomic mass is 16.7. The molecule has 0 aromatic rings. The zero-order valence-corrected chi connectivity index (χ0v) is 12.2. The Kier molecular flexibility index (Phi) is 9.54. The minimum absolute atomic E-state index is 0.0258. The van der Waals surface area contributed by atoms with Gasteiger partial charge in [0.25, 0.3) is 0 Å². The van der Waals surface area contributed by atoms with E-state index in [4.69, 9.17) is 9.47 Å². The monoisotopic (exact) mass is 257 g/mol. The second-order valence-corrected chi connectivity index (χ2v) is 5.17. The molecule has 0 heterocycles. The summed E-state index contributed by atoms with van der Waals surface area (Å²) >= 11 is 0. The maximum Gasteiger partial charge on any atom is 0.158 e. The molecular weight excluding hydrogens is 226 g/mol. The summed E-state index contributed by atoms with van der Waals surface area (Å²) in [7, 11) is 0. The number of rotatable bonds is 10. The summed E-state index contributed by atoms with van der Waals surface area (Å²) < 4.78 is 11.0. The molecule has 1 aliphatic carbocycles. The molecule has 0 bridgehead atoms. The fraction of sp³-hybridized carbons (Fsp3) is 1.00. The largest absolute Gasteiger partial charge is 0.353 e. The average molecular weight is 257 g/mol. The predicted octanol–water partition coefficient (Wildman–Crippen LogP) is 3.34. The lowest BCUT2D eigenvalue weighted by molar-refractivity contribution is -0.138. The summed E-state index contributed by atoms with van der Waals surface area (Å²) in [6.45, 7) is 7.64. The highest BCUT2D eigenvalue weighted by molar-refractivity contribution is 4.66. The van der Waals surface area contributed by atoms with Gasteiger partial charge in [-0.2, -0.15) is 0 Å². The molecule has 0 aromatic carbocycles. The first-order valence-electron chi connectivity index (χ1n) is 7.80. The summed E-state index contributed by atoms with van der Waals surface area (Å²) in [4.78, 5) is 0. The fourth-order valence-electron chi connectivity index (χ4n) is 2.71. The van der Waals surface area contributed by atoms with Gasteiger partial charge in [-0.25, -0.2) is 0 Å². The van der Waals surface area contributed by atoms with Crippen molar-refractivity contribution in [3.63, 3.8) is 0 Å². The van der Waals surface area contributed by atoms with Gasteiger partial charge in [0, 0.05) is 19.6 Å². The van der Waals surface area contributed by atoms with Crippen LogP contribution in [0.1, 0.15) is 58.8 Å². The Balaban J connectivity index is 1.95. The van der Waals surface area contributed by atoms with Crippen LogP contribution in [0.25, 0.3) is 0 Å². The van der Waals surface area contributed by atoms with E-state index in [1.807, 2.05) is 13.8 Å². The van der Waals surface area contributed by atoms with Crippen LogP contribution in [-0.2, 0) is 9.47 Å². The molecule has 18 heavy (non-hydrogen) atoms. The summed E-state index contributed by atoms with van der Waals surface area (Å²) in [6, 6.07) is 0. The maximum atomic E-state index is 5.52. The summed E-state index contributed by atoms with van der Waals surface area (Å²) in [5.74, 6) is 0.973. The third-order valence-electron chi connectivity index (χ3n) is 3.72. The Hall–Kier alpha value is -0.120. The second-order valence-electron chi connectivity index (χ2n) is 5.17. The third-order valence-corrected chi connectivity index (χ3v) is 3.72. The Morgan fingerprint density at radius 3 is 2.28 bits per heavy atom. The Morgan fingerprint density at radius 1 is 1.00 bits per heavy atom. The molecule has 1 saturated carbocycles. The van der Waals surface area contributed by atoms with Crippen molar-refractivity contribution >= 4 is 0 Å². The van der Waals surface area contributed by atoms with Gasteiger partial charge in [0.1, 0.15) is 0 Å². The maximum absolute atomic E-state index is 5.52. The molecule has 1 N–H and O–H groups in total. The normalized spacial score (nSPS) is 17.5. The number of nitrogens with one attached hydrogen (secondary N) is 1. The predicted molar refractivity (Wildman–Crippen MR) is 75.7 cm³/mol. The zero-order valence-electron chi connectivity index (χ0n) is 12.2. The molecule has 3 nitrogen and oxygen atoms in total. The Labute approximate surface area is 113 Å². The first-order chi connectivity index (χ1) is 8.86. The van der Waals surface area contributed by atoms with Crippen LogP contribution in [0.15, 0.2) is 0 Å². The summed E-state index contributed by atoms with van der Waals surface area (Å²) in [5.41, 5.74) is 0. The van der Waals surface area contributed by atoms with Crippen LogP contribution in [0.3, 0.4) is 0 Å². The average Bonchev–Trinajstić information content (AvgIpc) is 2.40. The van der Waals surface area contributed by atoms with Crippen LogP contribution in [0.4, 0.5) is 0 Å². The summed E-state index contributed by atoms with van der Waals surface area (Å²) in [5, 5.41) is 3.52. The van der Waals surface area contributed by atoms with Gasteiger partial charge in [-0.05, 0) is 39.3 Å². The van der Waals surface area contributed by atoms with Gasteiger partial charge >= 0.3 is 0 Å². The van der Waals surface area contributed by atoms with Crippen LogP contribution < -0.4 is 5.32 Å². The fourth-order valence-corrected chi connectivity index (χ4v) is 2.71. The van der Waals surface area contributed by atoms with Crippen molar-refractivity contribution in [2.45, 2.75) is 65.1 Å². The number of hydrogen-bond acceptors (Lipinski definition) is 3. The first kappa shape index (κ1) is 15.9. The molecule has 0 aromatic heterocycles. The molecule has 1 rings (SSSR count). The van der Waals surface area contributed by atoms with Gasteiger partial charge in [-0.1, -0.05) is 32.1 Å². The van der Waals surface area contributed by atoms with Crippen LogP contribution in [-0.4, -0.2) is 32.6 Å². The van der Waals surface area contributed by atoms with Crippen molar-refractivity contribution in [2.24, 2.45) is 5.92 Å². The second kappa shape index (κ2) is 10.8. The number of ether oxygens (including phenoxy) is 2. The SMILES string of the molecule is CCOC(CCNCCC1CCCCC1)OCC. The lowest BCUT2D eigenvalue weighted by Crippen LogP contribution is -2.26. The molecule has 1 aliphatic rings. The van der Waals surface area contributed by atoms with E-state index in [0.29, 0.717) is 0 Å². The highest BCUT2D eigenvalue weighted by Crippen LogP contribution is 2.25. The first-order valence-corrected chi connectivity index (χ1v) is 7.80. The van der Waals surface area contributed by atoms with Crippen molar-refractivity contribution < 1.29 is 9.47 Å². The van der Waals surface area contributed by atoms with E-state index in [2.05, 4.69) is 5.32 Å². The molecule has 108 valence electrons. The van der Waals surface area contributed by atoms with Gasteiger partial charge < -0.3 is 14.8 Å². The van der Waals surface area contributed by atoms with E-state index in [9.17, 15) is 0 Å². The minimum Gasteiger partial charge on any atom is -0.353 e. The minimum atomic E-state index is -0.0258. The van der Waals surface area contributed by atoms with Crippen LogP contribution >= 0.6 is 0 Å². The van der Waals surface area contributed by atoms with Crippen molar-refractivity contribution in [2.75, 3.05) is 26.3 Å². The van der Waals surface area contributed by atoms with Gasteiger partial charge in [0.2, 0.25) is 0 Å². The van der Waals surface area contributed by atoms with Gasteiger partial charge in [0.05, 0.1) is 0 Å². The summed E-state index contributed by atoms with van der Waals surface area (Å²) in [6.07, 6.45) is 9.50. The van der Waals surface area contributed by atoms with Crippen molar-refractivity contribution in [3.05, 3.63) is 0 Å². The van der Waals surface area contributed by atoms with Crippen LogP contribution in [0, 0.1) is 5.92 Å². The van der Waals surface area contributed by atoms with Gasteiger partial charge in [0.15, 0.2) is 6.29 Å². The third kappa shape index (κ3) is 7.34. The standard InChI is InChI=1S/C15H31NO2/c1-3-17-15(18-4-2)11-13-16-12-10-14-8-6-5-7-9-14/h14-16H,3-13H2,1-2H3. The molecule has 1 fully saturated rings. The van der Waals surface area contributed by atoms with E-state index < -0.39 is 0 Å². The van der Waals surface area contributed by atoms with E-state index >= 15 is 0 Å². The molecule has 0 atom stereocenters.